The molecule has 0 N–H and O–H groups in total. The van der Waals surface area contributed by atoms with Gasteiger partial charge in [-0.15, -0.1) is 5.10 Å². The molecule has 0 amide bonds. The fourth-order valence-electron chi connectivity index (χ4n) is 1.46. The van der Waals surface area contributed by atoms with E-state index < -0.39 is 0 Å². The Morgan fingerprint density at radius 2 is 2.15 bits per heavy atom. The predicted octanol–water partition coefficient (Wildman–Crippen LogP) is 2.82. The zero-order chi connectivity index (χ0) is 9.26. The minimum atomic E-state index is 1.07. The van der Waals surface area contributed by atoms with Crippen LogP contribution in [0.2, 0.25) is 0 Å². The first-order valence-electron chi connectivity index (χ1n) is 3.98. The van der Waals surface area contributed by atoms with Gasteiger partial charge in [0.05, 0.1) is 10.7 Å². The number of thiocarbonyl (C=S) groups is 1. The van der Waals surface area contributed by atoms with Gasteiger partial charge in [-0.2, -0.15) is 0 Å². The van der Waals surface area contributed by atoms with Crippen LogP contribution >= 0.6 is 12.2 Å². The number of aryl methyl sites for hydroxylation is 1. The Bertz CT molecular complexity index is 493. The molecule has 0 spiro atoms. The molecule has 1 heterocycles. The number of isothiocyanates is 1. The van der Waals surface area contributed by atoms with Crippen LogP contribution in [0, 0.1) is 6.92 Å². The summed E-state index contributed by atoms with van der Waals surface area (Å²) in [6, 6.07) is 8.08. The van der Waals surface area contributed by atoms with E-state index in [1.807, 2.05) is 24.4 Å². The zero-order valence-electron chi connectivity index (χ0n) is 7.19. The Balaban J connectivity index is 2.85. The molecule has 64 valence electrons. The molecule has 2 rings (SSSR count). The lowest BCUT2D eigenvalue weighted by Crippen LogP contribution is -1.82. The Hall–Kier alpha value is -1.44. The van der Waals surface area contributed by atoms with Gasteiger partial charge in [0.25, 0.3) is 0 Å². The quantitative estimate of drug-likeness (QED) is 0.497. The number of hydrogen-bond acceptors (Lipinski definition) is 2. The molecule has 13 heavy (non-hydrogen) atoms. The highest BCUT2D eigenvalue weighted by molar-refractivity contribution is 7.78. The van der Waals surface area contributed by atoms with Crippen LogP contribution in [0.3, 0.4) is 0 Å². The first-order valence-corrected chi connectivity index (χ1v) is 4.38. The van der Waals surface area contributed by atoms with Crippen molar-refractivity contribution in [3.63, 3.8) is 0 Å². The summed E-state index contributed by atoms with van der Waals surface area (Å²) in [5.41, 5.74) is 2.27. The van der Waals surface area contributed by atoms with Crippen molar-refractivity contribution in [1.29, 1.82) is 0 Å². The third-order valence-electron chi connectivity index (χ3n) is 2.04. The topological polar surface area (TPSA) is 17.3 Å². The number of benzene rings is 1. The molecule has 2 nitrogen and oxygen atoms in total. The van der Waals surface area contributed by atoms with E-state index in [2.05, 4.69) is 35.5 Å². The summed E-state index contributed by atoms with van der Waals surface area (Å²) in [6.07, 6.45) is 1.95. The molecular weight excluding hydrogens is 180 g/mol. The molecule has 0 radical (unpaired) electrons. The Morgan fingerprint density at radius 3 is 2.92 bits per heavy atom. The average molecular weight is 188 g/mol. The van der Waals surface area contributed by atoms with Crippen molar-refractivity contribution in [2.24, 2.45) is 5.10 Å². The molecule has 0 saturated heterocycles. The summed E-state index contributed by atoms with van der Waals surface area (Å²) in [5, 5.41) is 7.50. The average Bonchev–Trinajstić information content (AvgIpc) is 2.46. The maximum absolute atomic E-state index is 4.57. The van der Waals surface area contributed by atoms with Crippen LogP contribution in [0.25, 0.3) is 10.9 Å². The largest absolute Gasteiger partial charge is 0.231 e. The van der Waals surface area contributed by atoms with Crippen molar-refractivity contribution in [2.75, 3.05) is 0 Å². The van der Waals surface area contributed by atoms with Gasteiger partial charge in [0.2, 0.25) is 0 Å². The van der Waals surface area contributed by atoms with Gasteiger partial charge in [0, 0.05) is 11.6 Å². The van der Waals surface area contributed by atoms with Gasteiger partial charge in [0.15, 0.2) is 0 Å². The van der Waals surface area contributed by atoms with Crippen molar-refractivity contribution < 1.29 is 0 Å². The SMILES string of the molecule is Cc1cn(N=C=S)c2ccccc12. The minimum absolute atomic E-state index is 1.07. The van der Waals surface area contributed by atoms with Crippen LogP contribution in [0.5, 0.6) is 0 Å². The molecule has 3 heteroatoms. The third-order valence-corrected chi connectivity index (χ3v) is 2.12. The van der Waals surface area contributed by atoms with E-state index in [0.29, 0.717) is 0 Å². The maximum Gasteiger partial charge on any atom is 0.0854 e. The highest BCUT2D eigenvalue weighted by atomic mass is 32.1. The van der Waals surface area contributed by atoms with E-state index in [4.69, 9.17) is 0 Å². The van der Waals surface area contributed by atoms with Gasteiger partial charge in [-0.3, -0.25) is 0 Å². The second kappa shape index (κ2) is 3.13. The summed E-state index contributed by atoms with van der Waals surface area (Å²) in [5.74, 6) is 0. The van der Waals surface area contributed by atoms with Gasteiger partial charge < -0.3 is 0 Å². The lowest BCUT2D eigenvalue weighted by Gasteiger charge is -1.92. The number of hydrogen-bond donors (Lipinski definition) is 0. The van der Waals surface area contributed by atoms with Crippen molar-refractivity contribution in [3.8, 4) is 0 Å². The molecule has 0 unspecified atom stereocenters. The number of nitrogens with zero attached hydrogens (tertiary/aromatic N) is 2. The van der Waals surface area contributed by atoms with E-state index in [0.717, 1.165) is 5.52 Å². The lowest BCUT2D eigenvalue weighted by atomic mass is 10.2. The number of aromatic nitrogens is 1. The Kier molecular flexibility index (Phi) is 1.97. The summed E-state index contributed by atoms with van der Waals surface area (Å²) in [7, 11) is 0. The van der Waals surface area contributed by atoms with Gasteiger partial charge in [-0.1, -0.05) is 18.2 Å². The maximum atomic E-state index is 4.57. The van der Waals surface area contributed by atoms with E-state index in [1.165, 1.54) is 10.9 Å². The summed E-state index contributed by atoms with van der Waals surface area (Å²) in [4.78, 5) is 0. The van der Waals surface area contributed by atoms with Crippen LogP contribution in [0.15, 0.2) is 35.6 Å². The predicted molar refractivity (Wildman–Crippen MR) is 57.1 cm³/mol. The third kappa shape index (κ3) is 1.28. The van der Waals surface area contributed by atoms with Crippen molar-refractivity contribution >= 4 is 28.3 Å². The van der Waals surface area contributed by atoms with E-state index in [-0.39, 0.29) is 0 Å². The molecular formula is C10H8N2S. The summed E-state index contributed by atoms with van der Waals surface area (Å²) >= 11 is 4.57. The van der Waals surface area contributed by atoms with Gasteiger partial charge in [0.1, 0.15) is 0 Å². The lowest BCUT2D eigenvalue weighted by molar-refractivity contribution is 0.933. The fourth-order valence-corrected chi connectivity index (χ4v) is 1.54. The summed E-state index contributed by atoms with van der Waals surface area (Å²) in [6.45, 7) is 2.05. The minimum Gasteiger partial charge on any atom is -0.231 e. The molecule has 1 aromatic heterocycles. The van der Waals surface area contributed by atoms with Crippen molar-refractivity contribution in [3.05, 3.63) is 36.0 Å². The molecule has 1 aromatic carbocycles. The summed E-state index contributed by atoms with van der Waals surface area (Å²) < 4.78 is 1.75. The van der Waals surface area contributed by atoms with Gasteiger partial charge in [-0.05, 0) is 30.8 Å². The smallest absolute Gasteiger partial charge is 0.0854 e. The molecule has 0 aliphatic heterocycles. The van der Waals surface area contributed by atoms with Crippen molar-refractivity contribution in [2.45, 2.75) is 6.92 Å². The highest BCUT2D eigenvalue weighted by Crippen LogP contribution is 2.19. The molecule has 0 saturated carbocycles. The molecule has 0 atom stereocenters. The molecule has 0 aliphatic carbocycles. The molecule has 0 fully saturated rings. The monoisotopic (exact) mass is 188 g/mol. The number of para-hydroxylation sites is 1. The molecule has 0 aliphatic rings. The van der Waals surface area contributed by atoms with Crippen LogP contribution in [0.1, 0.15) is 5.56 Å². The molecule has 0 bridgehead atoms. The van der Waals surface area contributed by atoms with Crippen LogP contribution in [-0.2, 0) is 0 Å². The van der Waals surface area contributed by atoms with Crippen molar-refractivity contribution in [1.82, 2.24) is 4.68 Å². The highest BCUT2D eigenvalue weighted by Gasteiger charge is 2.01. The van der Waals surface area contributed by atoms with E-state index in [1.54, 1.807) is 4.68 Å². The standard InChI is InChI=1S/C10H8N2S/c1-8-6-12(11-7-13)10-5-3-2-4-9(8)10/h2-6H,1H3. The van der Waals surface area contributed by atoms with Crippen LogP contribution in [-0.4, -0.2) is 9.84 Å². The second-order valence-corrected chi connectivity index (χ2v) is 3.05. The van der Waals surface area contributed by atoms with Gasteiger partial charge >= 0.3 is 0 Å². The Morgan fingerprint density at radius 1 is 1.38 bits per heavy atom. The molecule has 2 aromatic rings. The zero-order valence-corrected chi connectivity index (χ0v) is 8.01. The first-order chi connectivity index (χ1) is 6.33. The van der Waals surface area contributed by atoms with Gasteiger partial charge in [-0.25, -0.2) is 4.68 Å². The van der Waals surface area contributed by atoms with E-state index in [9.17, 15) is 0 Å². The first kappa shape index (κ1) is 8.17. The number of rotatable bonds is 1. The van der Waals surface area contributed by atoms with E-state index >= 15 is 0 Å². The fraction of sp³-hybridized carbons (Fsp3) is 0.100. The van der Waals surface area contributed by atoms with Crippen LogP contribution in [0.4, 0.5) is 0 Å². The Labute approximate surface area is 81.5 Å². The number of fused-ring (bicyclic) bond motifs is 1. The van der Waals surface area contributed by atoms with Crippen LogP contribution < -0.4 is 0 Å². The second-order valence-electron chi connectivity index (χ2n) is 2.87. The normalized spacial score (nSPS) is 9.92.